The first-order valence-electron chi connectivity index (χ1n) is 6.83. The third kappa shape index (κ3) is 3.40. The Morgan fingerprint density at radius 3 is 2.86 bits per heavy atom. The van der Waals surface area contributed by atoms with Crippen LogP contribution in [-0.4, -0.2) is 41.3 Å². The number of thiophene rings is 1. The number of nitrogens with two attached hydrogens (primary N) is 1. The van der Waals surface area contributed by atoms with Gasteiger partial charge in [0.25, 0.3) is 0 Å². The van der Waals surface area contributed by atoms with Crippen LogP contribution in [0.3, 0.4) is 0 Å². The van der Waals surface area contributed by atoms with Gasteiger partial charge in [0, 0.05) is 18.0 Å². The van der Waals surface area contributed by atoms with Crippen molar-refractivity contribution in [3.8, 4) is 0 Å². The molecule has 2 aromatic heterocycles. The number of nitrogen functional groups attached to an aromatic ring is 1. The molecule has 7 nitrogen and oxygen atoms in total. The second-order valence-corrected chi connectivity index (χ2v) is 5.80. The predicted molar refractivity (Wildman–Crippen MR) is 83.7 cm³/mol. The summed E-state index contributed by atoms with van der Waals surface area (Å²) in [5.74, 6) is 1.35. The maximum Gasteiger partial charge on any atom is 0.232 e. The van der Waals surface area contributed by atoms with Gasteiger partial charge in [0.1, 0.15) is 0 Å². The topological polar surface area (TPSA) is 89.2 Å². The van der Waals surface area contributed by atoms with Crippen molar-refractivity contribution in [2.75, 3.05) is 42.3 Å². The van der Waals surface area contributed by atoms with Gasteiger partial charge in [-0.3, -0.25) is 0 Å². The highest BCUT2D eigenvalue weighted by Gasteiger charge is 2.15. The summed E-state index contributed by atoms with van der Waals surface area (Å²) in [6.45, 7) is 5.69. The van der Waals surface area contributed by atoms with Crippen molar-refractivity contribution in [3.05, 3.63) is 21.9 Å². The fourth-order valence-corrected chi connectivity index (χ4v) is 2.95. The predicted octanol–water partition coefficient (Wildman–Crippen LogP) is 1.27. The van der Waals surface area contributed by atoms with Gasteiger partial charge in [0.2, 0.25) is 17.8 Å². The zero-order valence-electron chi connectivity index (χ0n) is 11.9. The van der Waals surface area contributed by atoms with E-state index < -0.39 is 0 Å². The Labute approximate surface area is 127 Å². The van der Waals surface area contributed by atoms with Gasteiger partial charge in [-0.15, -0.1) is 11.3 Å². The summed E-state index contributed by atoms with van der Waals surface area (Å²) in [6, 6.07) is 2.10. The molecule has 0 saturated carbocycles. The van der Waals surface area contributed by atoms with Gasteiger partial charge in [-0.05, 0) is 23.9 Å². The standard InChI is InChI=1S/C13H18N6OS/c1-9-2-7-21-10(9)8-15-12-16-11(14)17-13(18-12)19-3-5-20-6-4-19/h2,7H,3-6,8H2,1H3,(H3,14,15,16,17,18). The first-order chi connectivity index (χ1) is 10.2. The summed E-state index contributed by atoms with van der Waals surface area (Å²) in [5.41, 5.74) is 7.05. The minimum atomic E-state index is 0.233. The minimum Gasteiger partial charge on any atom is -0.378 e. The maximum atomic E-state index is 5.79. The lowest BCUT2D eigenvalue weighted by molar-refractivity contribution is 0.122. The van der Waals surface area contributed by atoms with Crippen molar-refractivity contribution in [1.82, 2.24) is 15.0 Å². The molecule has 0 aromatic carbocycles. The molecule has 21 heavy (non-hydrogen) atoms. The van der Waals surface area contributed by atoms with Crippen molar-refractivity contribution in [2.45, 2.75) is 13.5 Å². The SMILES string of the molecule is Cc1ccsc1CNc1nc(N)nc(N2CCOCC2)n1. The van der Waals surface area contributed by atoms with Crippen LogP contribution in [0, 0.1) is 6.92 Å². The van der Waals surface area contributed by atoms with Gasteiger partial charge < -0.3 is 20.7 Å². The molecule has 1 aliphatic heterocycles. The molecule has 2 aromatic rings. The molecule has 0 aliphatic carbocycles. The van der Waals surface area contributed by atoms with E-state index >= 15 is 0 Å². The quantitative estimate of drug-likeness (QED) is 0.879. The normalized spacial score (nSPS) is 15.2. The smallest absolute Gasteiger partial charge is 0.232 e. The summed E-state index contributed by atoms with van der Waals surface area (Å²) in [5, 5.41) is 5.30. The highest BCUT2D eigenvalue weighted by Crippen LogP contribution is 2.18. The molecular weight excluding hydrogens is 288 g/mol. The lowest BCUT2D eigenvalue weighted by Gasteiger charge is -2.26. The van der Waals surface area contributed by atoms with Gasteiger partial charge in [-0.1, -0.05) is 0 Å². The first-order valence-corrected chi connectivity index (χ1v) is 7.71. The van der Waals surface area contributed by atoms with Crippen LogP contribution in [0.1, 0.15) is 10.4 Å². The fourth-order valence-electron chi connectivity index (χ4n) is 2.11. The summed E-state index contributed by atoms with van der Waals surface area (Å²) in [4.78, 5) is 16.1. The Balaban J connectivity index is 1.73. The molecule has 8 heteroatoms. The van der Waals surface area contributed by atoms with E-state index in [1.807, 2.05) is 0 Å². The number of aromatic nitrogens is 3. The summed E-state index contributed by atoms with van der Waals surface area (Å²) in [7, 11) is 0. The summed E-state index contributed by atoms with van der Waals surface area (Å²) in [6.07, 6.45) is 0. The molecule has 0 spiro atoms. The van der Waals surface area contributed by atoms with E-state index in [2.05, 4.69) is 43.5 Å². The molecule has 112 valence electrons. The number of hydrogen-bond acceptors (Lipinski definition) is 8. The minimum absolute atomic E-state index is 0.233. The molecular formula is C13H18N6OS. The van der Waals surface area contributed by atoms with Crippen molar-refractivity contribution in [2.24, 2.45) is 0 Å². The van der Waals surface area contributed by atoms with E-state index in [1.165, 1.54) is 10.4 Å². The first kappa shape index (κ1) is 14.0. The zero-order valence-corrected chi connectivity index (χ0v) is 12.7. The zero-order chi connectivity index (χ0) is 14.7. The summed E-state index contributed by atoms with van der Waals surface area (Å²) >= 11 is 1.71. The van der Waals surface area contributed by atoms with Crippen LogP contribution in [0.2, 0.25) is 0 Å². The van der Waals surface area contributed by atoms with Crippen molar-refractivity contribution in [1.29, 1.82) is 0 Å². The largest absolute Gasteiger partial charge is 0.378 e. The Morgan fingerprint density at radius 1 is 1.33 bits per heavy atom. The van der Waals surface area contributed by atoms with Crippen molar-refractivity contribution in [3.63, 3.8) is 0 Å². The fraction of sp³-hybridized carbons (Fsp3) is 0.462. The van der Waals surface area contributed by atoms with Crippen LogP contribution in [0.25, 0.3) is 0 Å². The van der Waals surface area contributed by atoms with E-state index in [9.17, 15) is 0 Å². The number of hydrogen-bond donors (Lipinski definition) is 2. The number of nitrogens with zero attached hydrogens (tertiary/aromatic N) is 4. The molecule has 0 bridgehead atoms. The van der Waals surface area contributed by atoms with E-state index in [0.717, 1.165) is 13.1 Å². The van der Waals surface area contributed by atoms with Crippen LogP contribution >= 0.6 is 11.3 Å². The van der Waals surface area contributed by atoms with E-state index in [-0.39, 0.29) is 5.95 Å². The van der Waals surface area contributed by atoms with E-state index in [0.29, 0.717) is 31.7 Å². The molecule has 0 radical (unpaired) electrons. The van der Waals surface area contributed by atoms with Crippen LogP contribution in [0.15, 0.2) is 11.4 Å². The van der Waals surface area contributed by atoms with Gasteiger partial charge in [0.05, 0.1) is 19.8 Å². The number of ether oxygens (including phenoxy) is 1. The van der Waals surface area contributed by atoms with Gasteiger partial charge in [-0.2, -0.15) is 15.0 Å². The van der Waals surface area contributed by atoms with E-state index in [1.54, 1.807) is 11.3 Å². The number of rotatable bonds is 4. The lowest BCUT2D eigenvalue weighted by atomic mass is 10.3. The van der Waals surface area contributed by atoms with E-state index in [4.69, 9.17) is 10.5 Å². The number of nitrogens with one attached hydrogen (secondary N) is 1. The third-order valence-electron chi connectivity index (χ3n) is 3.31. The molecule has 1 fully saturated rings. The van der Waals surface area contributed by atoms with Crippen LogP contribution in [0.5, 0.6) is 0 Å². The van der Waals surface area contributed by atoms with Gasteiger partial charge in [0.15, 0.2) is 0 Å². The average Bonchev–Trinajstić information content (AvgIpc) is 2.91. The van der Waals surface area contributed by atoms with Gasteiger partial charge >= 0.3 is 0 Å². The number of morpholine rings is 1. The lowest BCUT2D eigenvalue weighted by Crippen LogP contribution is -2.37. The third-order valence-corrected chi connectivity index (χ3v) is 4.33. The molecule has 0 atom stereocenters. The molecule has 1 saturated heterocycles. The van der Waals surface area contributed by atoms with Crippen LogP contribution < -0.4 is 16.0 Å². The highest BCUT2D eigenvalue weighted by molar-refractivity contribution is 7.10. The second kappa shape index (κ2) is 6.23. The second-order valence-electron chi connectivity index (χ2n) is 4.80. The molecule has 1 aliphatic rings. The Bertz CT molecular complexity index is 610. The highest BCUT2D eigenvalue weighted by atomic mass is 32.1. The Hall–Kier alpha value is -1.93. The monoisotopic (exact) mass is 306 g/mol. The van der Waals surface area contributed by atoms with Crippen molar-refractivity contribution >= 4 is 29.2 Å². The number of anilines is 3. The average molecular weight is 306 g/mol. The Morgan fingerprint density at radius 2 is 2.14 bits per heavy atom. The van der Waals surface area contributed by atoms with Crippen LogP contribution in [-0.2, 0) is 11.3 Å². The molecule has 0 unspecified atom stereocenters. The molecule has 3 N–H and O–H groups in total. The Kier molecular flexibility index (Phi) is 4.16. The van der Waals surface area contributed by atoms with Crippen LogP contribution in [0.4, 0.5) is 17.8 Å². The van der Waals surface area contributed by atoms with Gasteiger partial charge in [-0.25, -0.2) is 0 Å². The molecule has 3 rings (SSSR count). The summed E-state index contributed by atoms with van der Waals surface area (Å²) < 4.78 is 5.33. The maximum absolute atomic E-state index is 5.79. The molecule has 3 heterocycles. The number of aryl methyl sites for hydroxylation is 1. The molecule has 0 amide bonds. The van der Waals surface area contributed by atoms with Crippen molar-refractivity contribution < 1.29 is 4.74 Å².